The third-order valence-corrected chi connectivity index (χ3v) is 1.56. The predicted octanol–water partition coefficient (Wildman–Crippen LogP) is 2.50. The fourth-order valence-corrected chi connectivity index (χ4v) is 0.946. The molecule has 0 aliphatic rings. The van der Waals surface area contributed by atoms with E-state index in [2.05, 4.69) is 10.0 Å². The Morgan fingerprint density at radius 1 is 1.62 bits per heavy atom. The van der Waals surface area contributed by atoms with E-state index in [4.69, 9.17) is 17.1 Å². The normalized spacial score (nSPS) is 9.00. The molecule has 1 N–H and O–H groups in total. The lowest BCUT2D eigenvalue weighted by Crippen LogP contribution is -1.93. The number of phenolic OH excluding ortho intramolecular Hbond substituents is 1. The van der Waals surface area contributed by atoms with Crippen molar-refractivity contribution in [1.82, 2.24) is 0 Å². The van der Waals surface area contributed by atoms with E-state index in [0.717, 1.165) is 0 Å². The van der Waals surface area contributed by atoms with Crippen LogP contribution in [-0.2, 0) is 0 Å². The number of phenols is 1. The summed E-state index contributed by atoms with van der Waals surface area (Å²) >= 11 is 5.52. The van der Waals surface area contributed by atoms with Gasteiger partial charge < -0.3 is 5.11 Å². The molecule has 0 aromatic heterocycles. The third kappa shape index (κ3) is 2.11. The van der Waals surface area contributed by atoms with Crippen LogP contribution in [-0.4, -0.2) is 11.0 Å². The highest BCUT2D eigenvalue weighted by Gasteiger charge is 2.08. The molecule has 66 valence electrons. The van der Waals surface area contributed by atoms with E-state index in [0.29, 0.717) is 5.02 Å². The number of hydrogen-bond donors (Lipinski definition) is 1. The first-order chi connectivity index (χ1) is 6.15. The average molecular weight is 198 g/mol. The summed E-state index contributed by atoms with van der Waals surface area (Å²) in [5.41, 5.74) is 7.91. The summed E-state index contributed by atoms with van der Waals surface area (Å²) in [4.78, 5) is 13.3. The van der Waals surface area contributed by atoms with E-state index in [1.54, 1.807) is 0 Å². The molecule has 0 bridgehead atoms. The zero-order valence-corrected chi connectivity index (χ0v) is 7.06. The Morgan fingerprint density at radius 3 is 2.85 bits per heavy atom. The lowest BCUT2D eigenvalue weighted by atomic mass is 10.2. The van der Waals surface area contributed by atoms with Crippen LogP contribution in [0.4, 0.5) is 0 Å². The Labute approximate surface area is 78.2 Å². The van der Waals surface area contributed by atoms with Crippen molar-refractivity contribution in [1.29, 1.82) is 0 Å². The van der Waals surface area contributed by atoms with Gasteiger partial charge in [0, 0.05) is 9.93 Å². The van der Waals surface area contributed by atoms with Crippen LogP contribution in [0.1, 0.15) is 10.4 Å². The number of rotatable bonds is 1. The topological polar surface area (TPSA) is 86.1 Å². The zero-order valence-electron chi connectivity index (χ0n) is 6.31. The van der Waals surface area contributed by atoms with Crippen molar-refractivity contribution in [3.8, 4) is 5.75 Å². The van der Waals surface area contributed by atoms with Crippen LogP contribution in [0, 0.1) is 0 Å². The van der Waals surface area contributed by atoms with Crippen LogP contribution < -0.4 is 0 Å². The molecule has 0 saturated carbocycles. The highest BCUT2D eigenvalue weighted by Crippen LogP contribution is 2.22. The molecule has 1 aromatic rings. The maximum Gasteiger partial charge on any atom is 0.252 e. The van der Waals surface area contributed by atoms with Gasteiger partial charge in [-0.25, -0.2) is 0 Å². The fraction of sp³-hybridized carbons (Fsp3) is 0. The second-order valence-corrected chi connectivity index (χ2v) is 2.59. The first-order valence-electron chi connectivity index (χ1n) is 3.23. The van der Waals surface area contributed by atoms with E-state index in [-0.39, 0.29) is 11.3 Å². The smallest absolute Gasteiger partial charge is 0.252 e. The number of benzene rings is 1. The number of carbonyl (C=O) groups excluding carboxylic acids is 1. The van der Waals surface area contributed by atoms with Gasteiger partial charge in [-0.15, -0.1) is 0 Å². The lowest BCUT2D eigenvalue weighted by molar-refractivity contribution is 0.0998. The van der Waals surface area contributed by atoms with Crippen molar-refractivity contribution < 1.29 is 9.90 Å². The van der Waals surface area contributed by atoms with Gasteiger partial charge in [0.05, 0.1) is 5.56 Å². The Morgan fingerprint density at radius 2 is 2.31 bits per heavy atom. The summed E-state index contributed by atoms with van der Waals surface area (Å²) in [6, 6.07) is 3.90. The molecule has 0 aliphatic carbocycles. The van der Waals surface area contributed by atoms with Crippen molar-refractivity contribution in [3.05, 3.63) is 39.2 Å². The Kier molecular flexibility index (Phi) is 2.74. The van der Waals surface area contributed by atoms with Gasteiger partial charge in [0.2, 0.25) is 0 Å². The monoisotopic (exact) mass is 197 g/mol. The standard InChI is InChI=1S/C7H4ClN3O2/c8-4-1-2-5(6(12)3-4)7(13)10-11-9/h1-3,12H. The minimum atomic E-state index is -0.836. The zero-order chi connectivity index (χ0) is 9.84. The molecule has 6 heteroatoms. The van der Waals surface area contributed by atoms with E-state index in [9.17, 15) is 9.90 Å². The summed E-state index contributed by atoms with van der Waals surface area (Å²) in [6.45, 7) is 0. The molecule has 0 spiro atoms. The summed E-state index contributed by atoms with van der Waals surface area (Å²) < 4.78 is 0. The average Bonchev–Trinajstić information content (AvgIpc) is 2.04. The summed E-state index contributed by atoms with van der Waals surface area (Å²) in [7, 11) is 0. The minimum Gasteiger partial charge on any atom is -0.507 e. The van der Waals surface area contributed by atoms with Crippen LogP contribution >= 0.6 is 11.6 Å². The number of aromatic hydroxyl groups is 1. The van der Waals surface area contributed by atoms with Crippen LogP contribution in [0.25, 0.3) is 10.4 Å². The van der Waals surface area contributed by atoms with E-state index in [1.807, 2.05) is 0 Å². The molecule has 1 amide bonds. The van der Waals surface area contributed by atoms with Crippen molar-refractivity contribution in [2.24, 2.45) is 5.11 Å². The maximum atomic E-state index is 11.0. The van der Waals surface area contributed by atoms with Crippen LogP contribution in [0.2, 0.25) is 5.02 Å². The Bertz CT molecular complexity index is 399. The van der Waals surface area contributed by atoms with Gasteiger partial charge >= 0.3 is 0 Å². The number of halogens is 1. The largest absolute Gasteiger partial charge is 0.507 e. The van der Waals surface area contributed by atoms with Crippen LogP contribution in [0.15, 0.2) is 23.3 Å². The molecule has 0 fully saturated rings. The highest BCUT2D eigenvalue weighted by atomic mass is 35.5. The molecule has 0 radical (unpaired) electrons. The molecule has 0 unspecified atom stereocenters. The van der Waals surface area contributed by atoms with Crippen LogP contribution in [0.3, 0.4) is 0 Å². The number of hydrogen-bond acceptors (Lipinski definition) is 2. The van der Waals surface area contributed by atoms with Gasteiger partial charge in [-0.1, -0.05) is 11.6 Å². The molecule has 0 heterocycles. The number of azide groups is 1. The van der Waals surface area contributed by atoms with E-state index >= 15 is 0 Å². The number of carbonyl (C=O) groups is 1. The first-order valence-corrected chi connectivity index (χ1v) is 3.61. The molecular weight excluding hydrogens is 194 g/mol. The summed E-state index contributed by atoms with van der Waals surface area (Å²) in [5, 5.41) is 12.3. The van der Waals surface area contributed by atoms with Gasteiger partial charge in [0.15, 0.2) is 0 Å². The van der Waals surface area contributed by atoms with Crippen molar-refractivity contribution in [2.75, 3.05) is 0 Å². The Balaban J connectivity index is 3.16. The molecular formula is C7H4ClN3O2. The SMILES string of the molecule is [N-]=[N+]=NC(=O)c1ccc(Cl)cc1O. The van der Waals surface area contributed by atoms with Gasteiger partial charge in [-0.05, 0) is 28.8 Å². The molecule has 1 rings (SSSR count). The first kappa shape index (κ1) is 9.38. The number of nitrogens with zero attached hydrogens (tertiary/aromatic N) is 3. The molecule has 0 atom stereocenters. The van der Waals surface area contributed by atoms with Gasteiger partial charge in [-0.3, -0.25) is 4.79 Å². The van der Waals surface area contributed by atoms with Crippen molar-refractivity contribution in [3.63, 3.8) is 0 Å². The van der Waals surface area contributed by atoms with Gasteiger partial charge in [-0.2, -0.15) is 0 Å². The summed E-state index contributed by atoms with van der Waals surface area (Å²) in [6.07, 6.45) is 0. The predicted molar refractivity (Wildman–Crippen MR) is 46.6 cm³/mol. The van der Waals surface area contributed by atoms with Crippen molar-refractivity contribution in [2.45, 2.75) is 0 Å². The minimum absolute atomic E-state index is 0.0674. The highest BCUT2D eigenvalue weighted by molar-refractivity contribution is 6.30. The quantitative estimate of drug-likeness (QED) is 0.426. The van der Waals surface area contributed by atoms with Crippen molar-refractivity contribution >= 4 is 17.5 Å². The Hall–Kier alpha value is -1.71. The third-order valence-electron chi connectivity index (χ3n) is 1.33. The summed E-state index contributed by atoms with van der Waals surface area (Å²) in [5.74, 6) is -1.14. The molecule has 1 aromatic carbocycles. The van der Waals surface area contributed by atoms with Gasteiger partial charge in [0.25, 0.3) is 5.91 Å². The fourth-order valence-electron chi connectivity index (χ4n) is 0.780. The second-order valence-electron chi connectivity index (χ2n) is 2.16. The molecule has 0 aliphatic heterocycles. The molecule has 5 nitrogen and oxygen atoms in total. The number of amides is 1. The second kappa shape index (κ2) is 3.80. The lowest BCUT2D eigenvalue weighted by Gasteiger charge is -1.98. The molecule has 13 heavy (non-hydrogen) atoms. The molecule has 0 saturated heterocycles. The maximum absolute atomic E-state index is 11.0. The van der Waals surface area contributed by atoms with E-state index < -0.39 is 5.91 Å². The van der Waals surface area contributed by atoms with Crippen LogP contribution in [0.5, 0.6) is 5.75 Å². The van der Waals surface area contributed by atoms with Gasteiger partial charge in [0.1, 0.15) is 5.75 Å². The van der Waals surface area contributed by atoms with E-state index in [1.165, 1.54) is 18.2 Å².